The first-order valence-electron chi connectivity index (χ1n) is 11.0. The van der Waals surface area contributed by atoms with E-state index in [0.29, 0.717) is 24.9 Å². The number of hydrogen-bond acceptors (Lipinski definition) is 10. The van der Waals surface area contributed by atoms with Crippen molar-refractivity contribution < 1.29 is 24.0 Å². The lowest BCUT2D eigenvalue weighted by atomic mass is 10.0. The Kier molecular flexibility index (Phi) is 9.01. The molecule has 14 heteroatoms. The maximum atomic E-state index is 12.8. The molecule has 0 saturated carbocycles. The third-order valence-electron chi connectivity index (χ3n) is 5.83. The van der Waals surface area contributed by atoms with E-state index in [4.69, 9.17) is 10.5 Å². The number of hydrogen-bond donors (Lipinski definition) is 5. The average molecular weight is 508 g/mol. The number of likely N-dealkylation sites (tertiary alicyclic amines) is 1. The van der Waals surface area contributed by atoms with Gasteiger partial charge in [-0.25, -0.2) is 9.79 Å². The fraction of sp³-hybridized carbons (Fsp3) is 0.524. The van der Waals surface area contributed by atoms with Crippen LogP contribution in [0.1, 0.15) is 18.4 Å². The van der Waals surface area contributed by atoms with E-state index < -0.39 is 16.9 Å². The first kappa shape index (κ1) is 26.4. The van der Waals surface area contributed by atoms with E-state index in [1.807, 2.05) is 11.9 Å². The molecule has 1 aromatic carbocycles. The molecule has 2 heterocycles. The average Bonchev–Trinajstić information content (AvgIpc) is 3.41. The van der Waals surface area contributed by atoms with Crippen LogP contribution in [0.4, 0.5) is 10.5 Å². The Hall–Kier alpha value is -3.23. The summed E-state index contributed by atoms with van der Waals surface area (Å²) >= 11 is 4.46. The largest absolute Gasteiger partial charge is 0.444 e. The van der Waals surface area contributed by atoms with Gasteiger partial charge in [-0.15, -0.1) is 0 Å². The minimum atomic E-state index is -0.883. The highest BCUT2D eigenvalue weighted by molar-refractivity contribution is 7.81. The number of nitrogens with one attached hydrogen (secondary N) is 3. The molecule has 0 radical (unpaired) electrons. The summed E-state index contributed by atoms with van der Waals surface area (Å²) < 4.78 is 4.97. The summed E-state index contributed by atoms with van der Waals surface area (Å²) in [6.07, 6.45) is 0.315. The van der Waals surface area contributed by atoms with Gasteiger partial charge in [0.05, 0.1) is 17.0 Å². The molecule has 0 spiro atoms. The minimum absolute atomic E-state index is 0.0728. The number of guanidine groups is 1. The molecule has 0 aliphatic carbocycles. The van der Waals surface area contributed by atoms with Crippen LogP contribution >= 0.6 is 12.6 Å². The summed E-state index contributed by atoms with van der Waals surface area (Å²) in [6, 6.07) is 4.82. The zero-order valence-electron chi connectivity index (χ0n) is 19.2. The Balaban J connectivity index is 1.36. The number of ketones is 1. The fourth-order valence-electron chi connectivity index (χ4n) is 4.07. The Morgan fingerprint density at radius 2 is 2.03 bits per heavy atom. The van der Waals surface area contributed by atoms with Crippen LogP contribution in [-0.4, -0.2) is 83.6 Å². The van der Waals surface area contributed by atoms with E-state index >= 15 is 0 Å². The van der Waals surface area contributed by atoms with Crippen molar-refractivity contribution in [2.24, 2.45) is 10.7 Å². The van der Waals surface area contributed by atoms with Crippen molar-refractivity contribution in [3.63, 3.8) is 0 Å². The third-order valence-corrected chi connectivity index (χ3v) is 6.21. The van der Waals surface area contributed by atoms with Gasteiger partial charge >= 0.3 is 6.09 Å². The SMILES string of the molecule is CN1C[C@@H](S)C[C@H]1C(=O)C1C[C@H](NC(=O)CN=C(N)NC(=O)OCc2ccc([N+](=O)[O-])cc2)CN1. The number of nitrogens with zero attached hydrogens (tertiary/aromatic N) is 3. The lowest BCUT2D eigenvalue weighted by Gasteiger charge is -2.21. The third kappa shape index (κ3) is 7.63. The number of Topliss-reactive ketones (excluding diaryl/α,β-unsaturated/α-hetero) is 1. The maximum absolute atomic E-state index is 12.8. The quantitative estimate of drug-likeness (QED) is 0.102. The molecule has 2 aliphatic heterocycles. The number of amides is 2. The highest BCUT2D eigenvalue weighted by Gasteiger charge is 2.39. The molecule has 2 amide bonds. The molecule has 13 nitrogen and oxygen atoms in total. The zero-order chi connectivity index (χ0) is 25.5. The lowest BCUT2D eigenvalue weighted by Crippen LogP contribution is -2.43. The summed E-state index contributed by atoms with van der Waals surface area (Å²) in [5.41, 5.74) is 6.10. The molecule has 2 fully saturated rings. The predicted molar refractivity (Wildman–Crippen MR) is 130 cm³/mol. The van der Waals surface area contributed by atoms with Crippen LogP contribution in [0.2, 0.25) is 0 Å². The molecule has 0 aromatic heterocycles. The van der Waals surface area contributed by atoms with E-state index in [1.165, 1.54) is 24.3 Å². The molecular weight excluding hydrogens is 478 g/mol. The second-order valence-electron chi connectivity index (χ2n) is 8.53. The smallest absolute Gasteiger partial charge is 0.414 e. The van der Waals surface area contributed by atoms with E-state index in [2.05, 4.69) is 33.6 Å². The summed E-state index contributed by atoms with van der Waals surface area (Å²) in [7, 11) is 1.91. The summed E-state index contributed by atoms with van der Waals surface area (Å²) in [4.78, 5) is 52.8. The van der Waals surface area contributed by atoms with Gasteiger partial charge in [-0.05, 0) is 37.6 Å². The number of nitro groups is 1. The van der Waals surface area contributed by atoms with Crippen LogP contribution in [0.25, 0.3) is 0 Å². The van der Waals surface area contributed by atoms with Gasteiger partial charge in [0.25, 0.3) is 5.69 Å². The highest BCUT2D eigenvalue weighted by atomic mass is 32.1. The number of likely N-dealkylation sites (N-methyl/N-ethyl adjacent to an activating group) is 1. The first-order valence-corrected chi connectivity index (χ1v) is 11.6. The van der Waals surface area contributed by atoms with Crippen molar-refractivity contribution in [1.82, 2.24) is 20.9 Å². The molecule has 190 valence electrons. The Labute approximate surface area is 207 Å². The van der Waals surface area contributed by atoms with Crippen molar-refractivity contribution in [3.8, 4) is 0 Å². The number of aliphatic imine (C=N–C) groups is 1. The second kappa shape index (κ2) is 12.0. The molecule has 3 rings (SSSR count). The van der Waals surface area contributed by atoms with Gasteiger partial charge in [0.2, 0.25) is 5.91 Å². The zero-order valence-corrected chi connectivity index (χ0v) is 20.1. The van der Waals surface area contributed by atoms with Gasteiger partial charge in [-0.3, -0.25) is 29.9 Å². The van der Waals surface area contributed by atoms with E-state index in [0.717, 1.165) is 6.54 Å². The molecule has 4 atom stereocenters. The lowest BCUT2D eigenvalue weighted by molar-refractivity contribution is -0.384. The number of carbonyl (C=O) groups is 3. The van der Waals surface area contributed by atoms with Gasteiger partial charge in [0.1, 0.15) is 13.2 Å². The van der Waals surface area contributed by atoms with Gasteiger partial charge in [0, 0.05) is 36.5 Å². The van der Waals surface area contributed by atoms with Crippen LogP contribution in [0.5, 0.6) is 0 Å². The molecule has 1 unspecified atom stereocenters. The Morgan fingerprint density at radius 3 is 2.66 bits per heavy atom. The number of nitro benzene ring substituents is 1. The van der Waals surface area contributed by atoms with E-state index in [1.54, 1.807) is 0 Å². The van der Waals surface area contributed by atoms with Crippen molar-refractivity contribution in [2.45, 2.75) is 42.8 Å². The Bertz CT molecular complexity index is 989. The summed E-state index contributed by atoms with van der Waals surface area (Å²) in [5, 5.41) is 19.0. The second-order valence-corrected chi connectivity index (χ2v) is 9.26. The molecule has 5 N–H and O–H groups in total. The minimum Gasteiger partial charge on any atom is -0.444 e. The van der Waals surface area contributed by atoms with Gasteiger partial charge in [-0.2, -0.15) is 12.6 Å². The molecular formula is C21H29N7O6S. The van der Waals surface area contributed by atoms with Crippen molar-refractivity contribution in [2.75, 3.05) is 26.7 Å². The molecule has 35 heavy (non-hydrogen) atoms. The monoisotopic (exact) mass is 507 g/mol. The van der Waals surface area contributed by atoms with Crippen LogP contribution < -0.4 is 21.7 Å². The number of rotatable bonds is 8. The van der Waals surface area contributed by atoms with Crippen LogP contribution in [0, 0.1) is 10.1 Å². The molecule has 2 saturated heterocycles. The highest BCUT2D eigenvalue weighted by Crippen LogP contribution is 2.23. The molecule has 2 aliphatic rings. The first-order chi connectivity index (χ1) is 16.6. The van der Waals surface area contributed by atoms with Crippen molar-refractivity contribution in [1.29, 1.82) is 0 Å². The Morgan fingerprint density at radius 1 is 1.31 bits per heavy atom. The number of alkyl carbamates (subject to hydrolysis) is 1. The number of nitrogens with two attached hydrogens (primary N) is 1. The van der Waals surface area contributed by atoms with Gasteiger partial charge in [0.15, 0.2) is 11.7 Å². The number of non-ortho nitro benzene ring substituents is 1. The normalized spacial score (nSPS) is 24.7. The summed E-state index contributed by atoms with van der Waals surface area (Å²) in [6.45, 7) is 0.799. The van der Waals surface area contributed by atoms with Gasteiger partial charge in [-0.1, -0.05) is 0 Å². The number of thiol groups is 1. The number of carbonyl (C=O) groups excluding carboxylic acids is 3. The summed E-state index contributed by atoms with van der Waals surface area (Å²) in [5.74, 6) is -0.584. The van der Waals surface area contributed by atoms with Crippen molar-refractivity contribution in [3.05, 3.63) is 39.9 Å². The predicted octanol–water partition coefficient (Wildman–Crippen LogP) is -0.446. The maximum Gasteiger partial charge on any atom is 0.414 e. The topological polar surface area (TPSA) is 181 Å². The fourth-order valence-corrected chi connectivity index (χ4v) is 4.53. The van der Waals surface area contributed by atoms with Crippen LogP contribution in [0.3, 0.4) is 0 Å². The van der Waals surface area contributed by atoms with Crippen molar-refractivity contribution >= 4 is 42.1 Å². The molecule has 1 aromatic rings. The molecule has 0 bridgehead atoms. The van der Waals surface area contributed by atoms with Gasteiger partial charge < -0.3 is 21.1 Å². The van der Waals surface area contributed by atoms with Crippen LogP contribution in [-0.2, 0) is 20.9 Å². The standard InChI is InChI=1S/C21H29N7O6S/c1-27-10-15(35)7-17(27)19(30)16-6-13(8-23-16)25-18(29)9-24-20(22)26-21(31)34-11-12-2-4-14(5-3-12)28(32)33/h2-5,13,15-17,23,35H,6-11H2,1H3,(H,25,29)(H3,22,24,26,31)/t13-,15-,16?,17-/m0/s1. The van der Waals surface area contributed by atoms with E-state index in [-0.39, 0.29) is 54.0 Å². The number of benzene rings is 1. The van der Waals surface area contributed by atoms with Crippen LogP contribution in [0.15, 0.2) is 29.3 Å². The van der Waals surface area contributed by atoms with E-state index in [9.17, 15) is 24.5 Å². The number of ether oxygens (including phenoxy) is 1.